The van der Waals surface area contributed by atoms with Crippen LogP contribution in [0.25, 0.3) is 0 Å². The second kappa shape index (κ2) is 7.20. The SMILES string of the molecule is C[C@@H]1CCc2c(sc(NC(=O)C[n+]3ccc4c(c3)CCCC4)c2C#N)C1. The Hall–Kier alpha value is -2.19. The van der Waals surface area contributed by atoms with Crippen LogP contribution in [0, 0.1) is 17.2 Å². The molecule has 0 aliphatic heterocycles. The highest BCUT2D eigenvalue weighted by molar-refractivity contribution is 7.16. The zero-order valence-electron chi connectivity index (χ0n) is 15.2. The summed E-state index contributed by atoms with van der Waals surface area (Å²) in [6, 6.07) is 4.46. The summed E-state index contributed by atoms with van der Waals surface area (Å²) in [6.07, 6.45) is 11.9. The van der Waals surface area contributed by atoms with Crippen LogP contribution >= 0.6 is 11.3 Å². The third kappa shape index (κ3) is 3.39. The third-order valence-electron chi connectivity index (χ3n) is 5.55. The van der Waals surface area contributed by atoms with E-state index in [4.69, 9.17) is 0 Å². The minimum absolute atomic E-state index is 0.0612. The van der Waals surface area contributed by atoms with Crippen molar-refractivity contribution >= 4 is 22.2 Å². The third-order valence-corrected chi connectivity index (χ3v) is 6.72. The highest BCUT2D eigenvalue weighted by Crippen LogP contribution is 2.39. The van der Waals surface area contributed by atoms with Gasteiger partial charge < -0.3 is 5.32 Å². The summed E-state index contributed by atoms with van der Waals surface area (Å²) in [7, 11) is 0. The Kier molecular flexibility index (Phi) is 4.78. The first-order chi connectivity index (χ1) is 12.6. The van der Waals surface area contributed by atoms with Crippen LogP contribution in [-0.2, 0) is 37.0 Å². The summed E-state index contributed by atoms with van der Waals surface area (Å²) < 4.78 is 1.96. The van der Waals surface area contributed by atoms with Crippen molar-refractivity contribution in [2.75, 3.05) is 5.32 Å². The molecule has 5 heteroatoms. The van der Waals surface area contributed by atoms with Crippen LogP contribution in [0.4, 0.5) is 5.00 Å². The Morgan fingerprint density at radius 1 is 1.35 bits per heavy atom. The molecule has 0 unspecified atom stereocenters. The van der Waals surface area contributed by atoms with Gasteiger partial charge in [-0.3, -0.25) is 4.79 Å². The minimum atomic E-state index is -0.0612. The van der Waals surface area contributed by atoms with Crippen LogP contribution in [0.2, 0.25) is 0 Å². The number of hydrogen-bond donors (Lipinski definition) is 1. The van der Waals surface area contributed by atoms with Crippen molar-refractivity contribution in [2.45, 2.75) is 58.4 Å². The topological polar surface area (TPSA) is 56.8 Å². The van der Waals surface area contributed by atoms with Crippen molar-refractivity contribution in [1.29, 1.82) is 5.26 Å². The van der Waals surface area contributed by atoms with Gasteiger partial charge in [-0.1, -0.05) is 6.92 Å². The lowest BCUT2D eigenvalue weighted by Crippen LogP contribution is -2.40. The number of carbonyl (C=O) groups is 1. The van der Waals surface area contributed by atoms with E-state index in [1.807, 2.05) is 10.8 Å². The Balaban J connectivity index is 1.49. The Labute approximate surface area is 158 Å². The van der Waals surface area contributed by atoms with Gasteiger partial charge in [0.25, 0.3) is 5.91 Å². The predicted molar refractivity (Wildman–Crippen MR) is 102 cm³/mol. The maximum atomic E-state index is 12.6. The Morgan fingerprint density at radius 3 is 2.96 bits per heavy atom. The molecule has 2 aliphatic carbocycles. The van der Waals surface area contributed by atoms with Crippen molar-refractivity contribution in [3.8, 4) is 6.07 Å². The van der Waals surface area contributed by atoms with Crippen molar-refractivity contribution in [3.63, 3.8) is 0 Å². The summed E-state index contributed by atoms with van der Waals surface area (Å²) in [5.41, 5.74) is 4.62. The first-order valence-corrected chi connectivity index (χ1v) is 10.3. The molecule has 0 saturated heterocycles. The van der Waals surface area contributed by atoms with E-state index < -0.39 is 0 Å². The van der Waals surface area contributed by atoms with Gasteiger partial charge in [0, 0.05) is 16.5 Å². The number of fused-ring (bicyclic) bond motifs is 2. The molecule has 26 heavy (non-hydrogen) atoms. The predicted octanol–water partition coefficient (Wildman–Crippen LogP) is 3.55. The number of pyridine rings is 1. The fourth-order valence-corrected chi connectivity index (χ4v) is 5.48. The second-order valence-electron chi connectivity index (χ2n) is 7.59. The van der Waals surface area contributed by atoms with Gasteiger partial charge in [-0.25, -0.2) is 0 Å². The Morgan fingerprint density at radius 2 is 2.15 bits per heavy atom. The fraction of sp³-hybridized carbons (Fsp3) is 0.476. The van der Waals surface area contributed by atoms with Crippen LogP contribution < -0.4 is 9.88 Å². The number of aromatic nitrogens is 1. The number of amides is 1. The second-order valence-corrected chi connectivity index (χ2v) is 8.70. The molecule has 2 aliphatic rings. The molecule has 4 rings (SSSR count). The number of nitrogens with one attached hydrogen (secondary N) is 1. The quantitative estimate of drug-likeness (QED) is 0.845. The molecule has 2 heterocycles. The van der Waals surface area contributed by atoms with E-state index in [0.717, 1.165) is 42.7 Å². The van der Waals surface area contributed by atoms with Gasteiger partial charge in [0.2, 0.25) is 6.54 Å². The average molecular weight is 367 g/mol. The van der Waals surface area contributed by atoms with Gasteiger partial charge >= 0.3 is 0 Å². The van der Waals surface area contributed by atoms with E-state index in [0.29, 0.717) is 11.5 Å². The molecule has 4 nitrogen and oxygen atoms in total. The highest BCUT2D eigenvalue weighted by atomic mass is 32.1. The number of carbonyl (C=O) groups excluding carboxylic acids is 1. The van der Waals surface area contributed by atoms with Crippen LogP contribution in [0.5, 0.6) is 0 Å². The van der Waals surface area contributed by atoms with E-state index in [1.54, 1.807) is 11.3 Å². The zero-order valence-corrected chi connectivity index (χ0v) is 16.0. The average Bonchev–Trinajstić information content (AvgIpc) is 2.97. The largest absolute Gasteiger partial charge is 0.311 e. The summed E-state index contributed by atoms with van der Waals surface area (Å²) in [5.74, 6) is 0.594. The molecule has 1 N–H and O–H groups in total. The van der Waals surface area contributed by atoms with Crippen molar-refractivity contribution in [1.82, 2.24) is 0 Å². The van der Waals surface area contributed by atoms with Crippen molar-refractivity contribution < 1.29 is 9.36 Å². The molecule has 1 atom stereocenters. The van der Waals surface area contributed by atoms with E-state index in [2.05, 4.69) is 30.6 Å². The van der Waals surface area contributed by atoms with Crippen molar-refractivity contribution in [3.05, 3.63) is 45.6 Å². The molecule has 1 amide bonds. The highest BCUT2D eigenvalue weighted by Gasteiger charge is 2.25. The van der Waals surface area contributed by atoms with Crippen molar-refractivity contribution in [2.24, 2.45) is 5.92 Å². The van der Waals surface area contributed by atoms with Crippen LogP contribution in [0.15, 0.2) is 18.5 Å². The molecule has 2 aromatic rings. The lowest BCUT2D eigenvalue weighted by atomic mass is 9.89. The molecule has 2 aromatic heterocycles. The smallest absolute Gasteiger partial charge is 0.290 e. The summed E-state index contributed by atoms with van der Waals surface area (Å²) in [6.45, 7) is 2.54. The van der Waals surface area contributed by atoms with Gasteiger partial charge in [-0.2, -0.15) is 9.83 Å². The summed E-state index contributed by atoms with van der Waals surface area (Å²) >= 11 is 1.59. The fourth-order valence-electron chi connectivity index (χ4n) is 4.11. The number of thiophene rings is 1. The molecule has 0 saturated carbocycles. The van der Waals surface area contributed by atoms with Crippen LogP contribution in [0.3, 0.4) is 0 Å². The maximum Gasteiger partial charge on any atom is 0.290 e. The number of nitrogens with zero attached hydrogens (tertiary/aromatic N) is 2. The lowest BCUT2D eigenvalue weighted by molar-refractivity contribution is -0.684. The number of rotatable bonds is 3. The normalized spacial score (nSPS) is 18.5. The molecule has 0 radical (unpaired) electrons. The van der Waals surface area contributed by atoms with E-state index >= 15 is 0 Å². The van der Waals surface area contributed by atoms with Gasteiger partial charge in [-0.05, 0) is 62.0 Å². The minimum Gasteiger partial charge on any atom is -0.311 e. The molecule has 0 bridgehead atoms. The number of nitriles is 1. The maximum absolute atomic E-state index is 12.6. The van der Waals surface area contributed by atoms with Crippen LogP contribution in [-0.4, -0.2) is 5.91 Å². The first kappa shape index (κ1) is 17.2. The zero-order chi connectivity index (χ0) is 18.1. The molecule has 0 spiro atoms. The Bertz CT molecular complexity index is 893. The molecular formula is C21H24N3OS+. The number of hydrogen-bond acceptors (Lipinski definition) is 3. The molecule has 134 valence electrons. The lowest BCUT2D eigenvalue weighted by Gasteiger charge is -2.17. The summed E-state index contributed by atoms with van der Waals surface area (Å²) in [4.78, 5) is 13.8. The molecule has 0 aromatic carbocycles. The number of aryl methyl sites for hydroxylation is 2. The monoisotopic (exact) mass is 366 g/mol. The van der Waals surface area contributed by atoms with E-state index in [-0.39, 0.29) is 12.5 Å². The van der Waals surface area contributed by atoms with Crippen LogP contribution in [0.1, 0.15) is 53.3 Å². The van der Waals surface area contributed by atoms with E-state index in [1.165, 1.54) is 28.8 Å². The van der Waals surface area contributed by atoms with Gasteiger partial charge in [0.15, 0.2) is 12.4 Å². The standard InChI is InChI=1S/C21H23N3OS/c1-14-6-7-17-18(11-22)21(26-19(17)10-14)23-20(25)13-24-9-8-15-4-2-3-5-16(15)12-24/h8-9,12,14H,2-7,10,13H2,1H3/p+1/t14-/m1/s1. The number of anilines is 1. The van der Waals surface area contributed by atoms with Gasteiger partial charge in [-0.15, -0.1) is 11.3 Å². The molecular weight excluding hydrogens is 342 g/mol. The van der Waals surface area contributed by atoms with Gasteiger partial charge in [0.1, 0.15) is 11.1 Å². The first-order valence-electron chi connectivity index (χ1n) is 9.49. The van der Waals surface area contributed by atoms with E-state index in [9.17, 15) is 10.1 Å². The molecule has 0 fully saturated rings. The van der Waals surface area contributed by atoms with Gasteiger partial charge in [0.05, 0.1) is 5.56 Å². The summed E-state index contributed by atoms with van der Waals surface area (Å²) in [5, 5.41) is 13.3.